The summed E-state index contributed by atoms with van der Waals surface area (Å²) in [6.45, 7) is 1.66. The number of benzene rings is 1. The van der Waals surface area contributed by atoms with Gasteiger partial charge in [0.1, 0.15) is 17.7 Å². The fraction of sp³-hybridized carbons (Fsp3) is 0.476. The molecule has 1 aromatic rings. The number of aliphatic imine (C=N–C) groups is 1. The molecule has 4 aliphatic heterocycles. The van der Waals surface area contributed by atoms with Crippen LogP contribution in [0, 0.1) is 5.82 Å². The van der Waals surface area contributed by atoms with E-state index in [1.807, 2.05) is 12.3 Å². The number of amidine groups is 1. The Kier molecular flexibility index (Phi) is 5.31. The van der Waals surface area contributed by atoms with Crippen molar-refractivity contribution in [3.05, 3.63) is 46.9 Å². The lowest BCUT2D eigenvalue weighted by Crippen LogP contribution is -2.51. The quantitative estimate of drug-likeness (QED) is 0.730. The first-order chi connectivity index (χ1) is 15.0. The number of aliphatic hydroxyl groups is 1. The maximum Gasteiger partial charge on any atom is 0.318 e. The molecule has 0 bridgehead atoms. The first kappa shape index (κ1) is 20.3. The fourth-order valence-corrected chi connectivity index (χ4v) is 4.87. The summed E-state index contributed by atoms with van der Waals surface area (Å²) >= 11 is 6.37. The van der Waals surface area contributed by atoms with E-state index in [0.29, 0.717) is 24.5 Å². The lowest BCUT2D eigenvalue weighted by atomic mass is 10.0. The highest BCUT2D eigenvalue weighted by Crippen LogP contribution is 2.37. The number of aliphatic hydroxyl groups excluding tert-OH is 1. The molecule has 0 saturated carbocycles. The van der Waals surface area contributed by atoms with Gasteiger partial charge in [-0.2, -0.15) is 5.10 Å². The molecule has 8 nitrogen and oxygen atoms in total. The van der Waals surface area contributed by atoms with Crippen LogP contribution in [0.4, 0.5) is 9.18 Å². The molecule has 0 spiro atoms. The van der Waals surface area contributed by atoms with Crippen LogP contribution in [0.1, 0.15) is 30.9 Å². The minimum Gasteiger partial charge on any atom is -0.391 e. The van der Waals surface area contributed by atoms with Gasteiger partial charge in [0.15, 0.2) is 6.17 Å². The van der Waals surface area contributed by atoms with E-state index < -0.39 is 6.10 Å². The molecule has 4 heterocycles. The Morgan fingerprint density at radius 1 is 1.29 bits per heavy atom. The molecule has 1 aromatic carbocycles. The number of urea groups is 1. The van der Waals surface area contributed by atoms with E-state index in [1.54, 1.807) is 22.2 Å². The number of rotatable bonds is 2. The Labute approximate surface area is 184 Å². The summed E-state index contributed by atoms with van der Waals surface area (Å²) in [7, 11) is 0. The topological polar surface area (TPSA) is 83.8 Å². The fourth-order valence-electron chi connectivity index (χ4n) is 4.62. The van der Waals surface area contributed by atoms with Gasteiger partial charge in [-0.25, -0.2) is 19.2 Å². The number of amides is 2. The van der Waals surface area contributed by atoms with Crippen molar-refractivity contribution in [2.45, 2.75) is 43.6 Å². The van der Waals surface area contributed by atoms with Crippen molar-refractivity contribution in [2.75, 3.05) is 19.6 Å². The molecule has 2 unspecified atom stereocenters. The minimum atomic E-state index is -0.469. The van der Waals surface area contributed by atoms with Gasteiger partial charge in [0, 0.05) is 30.9 Å². The van der Waals surface area contributed by atoms with Crippen LogP contribution in [0.3, 0.4) is 0 Å². The summed E-state index contributed by atoms with van der Waals surface area (Å²) in [4.78, 5) is 21.2. The summed E-state index contributed by atoms with van der Waals surface area (Å²) in [6, 6.07) is 3.78. The molecule has 164 valence electrons. The van der Waals surface area contributed by atoms with Crippen LogP contribution in [0.25, 0.3) is 0 Å². The molecule has 4 atom stereocenters. The van der Waals surface area contributed by atoms with Crippen molar-refractivity contribution in [3.63, 3.8) is 0 Å². The number of nitrogens with zero attached hydrogens (tertiary/aromatic N) is 5. The van der Waals surface area contributed by atoms with Crippen molar-refractivity contribution in [2.24, 2.45) is 10.1 Å². The summed E-state index contributed by atoms with van der Waals surface area (Å²) in [6.07, 6.45) is 6.95. The van der Waals surface area contributed by atoms with Crippen molar-refractivity contribution in [1.29, 1.82) is 0 Å². The number of hydrogen-bond acceptors (Lipinski definition) is 6. The van der Waals surface area contributed by atoms with Gasteiger partial charge in [-0.15, -0.1) is 0 Å². The molecular weight excluding hydrogens is 423 g/mol. The van der Waals surface area contributed by atoms with Gasteiger partial charge in [-0.3, -0.25) is 0 Å². The number of β-amino-alcohol motifs (C(OH)–C–C–N with tert-alkyl or cyclic N) is 1. The van der Waals surface area contributed by atoms with Crippen LogP contribution < -0.4 is 5.32 Å². The van der Waals surface area contributed by atoms with Crippen molar-refractivity contribution in [1.82, 2.24) is 20.1 Å². The highest BCUT2D eigenvalue weighted by molar-refractivity contribution is 6.31. The Hall–Kier alpha value is -2.65. The maximum atomic E-state index is 13.9. The van der Waals surface area contributed by atoms with E-state index in [2.05, 4.69) is 15.3 Å². The third kappa shape index (κ3) is 3.87. The Morgan fingerprint density at radius 2 is 2.16 bits per heavy atom. The minimum absolute atomic E-state index is 0.0559. The van der Waals surface area contributed by atoms with E-state index in [0.717, 1.165) is 30.8 Å². The van der Waals surface area contributed by atoms with Gasteiger partial charge < -0.3 is 20.2 Å². The number of fused-ring (bicyclic) bond motifs is 1. The first-order valence-corrected chi connectivity index (χ1v) is 10.9. The second-order valence-corrected chi connectivity index (χ2v) is 8.65. The molecule has 0 radical (unpaired) electrons. The molecule has 2 amide bonds. The zero-order chi connectivity index (χ0) is 21.5. The number of likely N-dealkylation sites (tertiary alicyclic amines) is 2. The van der Waals surface area contributed by atoms with Crippen LogP contribution in [0.5, 0.6) is 0 Å². The number of hydrogen-bond donors (Lipinski definition) is 2. The molecule has 2 saturated heterocycles. The molecular formula is C21H24ClFN6O2. The monoisotopic (exact) mass is 446 g/mol. The van der Waals surface area contributed by atoms with Crippen LogP contribution in [-0.4, -0.2) is 75.9 Å². The van der Waals surface area contributed by atoms with Crippen molar-refractivity contribution >= 4 is 29.7 Å². The molecule has 4 aliphatic rings. The van der Waals surface area contributed by atoms with Crippen molar-refractivity contribution < 1.29 is 14.3 Å². The lowest BCUT2D eigenvalue weighted by molar-refractivity contribution is 0.169. The third-order valence-electron chi connectivity index (χ3n) is 6.20. The zero-order valence-electron chi connectivity index (χ0n) is 16.9. The molecule has 2 N–H and O–H groups in total. The smallest absolute Gasteiger partial charge is 0.318 e. The Morgan fingerprint density at radius 3 is 2.97 bits per heavy atom. The highest BCUT2D eigenvalue weighted by Gasteiger charge is 2.37. The van der Waals surface area contributed by atoms with E-state index >= 15 is 0 Å². The Bertz CT molecular complexity index is 969. The number of carbonyl (C=O) groups excluding carboxylic acids is 1. The first-order valence-electron chi connectivity index (χ1n) is 10.5. The number of hydrazone groups is 1. The van der Waals surface area contributed by atoms with Gasteiger partial charge >= 0.3 is 6.03 Å². The van der Waals surface area contributed by atoms with Gasteiger partial charge in [0.2, 0.25) is 0 Å². The van der Waals surface area contributed by atoms with Crippen molar-refractivity contribution in [3.8, 4) is 0 Å². The normalized spacial score (nSPS) is 29.5. The van der Waals surface area contributed by atoms with E-state index in [-0.39, 0.29) is 30.1 Å². The highest BCUT2D eigenvalue weighted by atomic mass is 35.5. The standard InChI is InChI=1S/C21H24ClFN6O2/c22-16-4-3-13(23)10-15(16)18-2-1-7-28(18)19-6-9-29-20(26-19)17(11-24-29)25-21(31)27-8-5-14(30)12-27/h3-4,6,9-11,14,17-18,20,30H,1-2,5,7-8,12H2,(H,25,31)/t14-,17?,18+,20?/m0/s1. The molecule has 31 heavy (non-hydrogen) atoms. The predicted octanol–water partition coefficient (Wildman–Crippen LogP) is 2.31. The van der Waals surface area contributed by atoms with Gasteiger partial charge in [-0.1, -0.05) is 11.6 Å². The summed E-state index contributed by atoms with van der Waals surface area (Å²) in [5.74, 6) is 0.461. The second kappa shape index (κ2) is 8.12. The van der Waals surface area contributed by atoms with Crippen LogP contribution >= 0.6 is 11.6 Å². The van der Waals surface area contributed by atoms with Gasteiger partial charge in [0.25, 0.3) is 0 Å². The van der Waals surface area contributed by atoms with Gasteiger partial charge in [0.05, 0.1) is 18.4 Å². The predicted molar refractivity (Wildman–Crippen MR) is 115 cm³/mol. The molecule has 10 heteroatoms. The van der Waals surface area contributed by atoms with E-state index in [1.165, 1.54) is 12.1 Å². The van der Waals surface area contributed by atoms with Crippen LogP contribution in [0.15, 0.2) is 40.6 Å². The van der Waals surface area contributed by atoms with Crippen LogP contribution in [0.2, 0.25) is 5.02 Å². The lowest BCUT2D eigenvalue weighted by Gasteiger charge is -2.33. The SMILES string of the molecule is O=C(NC1C=NN2C=CC(N3CCC[C@@H]3c3cc(F)ccc3Cl)=NC12)N1CC[C@H](O)C1. The molecule has 0 aliphatic carbocycles. The van der Waals surface area contributed by atoms with Gasteiger partial charge in [-0.05, 0) is 49.1 Å². The zero-order valence-corrected chi connectivity index (χ0v) is 17.6. The number of nitrogens with one attached hydrogen (secondary N) is 1. The largest absolute Gasteiger partial charge is 0.391 e. The number of halogens is 2. The van der Waals surface area contributed by atoms with E-state index in [4.69, 9.17) is 16.6 Å². The average Bonchev–Trinajstić information content (AvgIpc) is 3.49. The molecule has 5 rings (SSSR count). The number of carbonyl (C=O) groups is 1. The van der Waals surface area contributed by atoms with Crippen LogP contribution in [-0.2, 0) is 0 Å². The summed E-state index contributed by atoms with van der Waals surface area (Å²) in [5.41, 5.74) is 0.762. The van der Waals surface area contributed by atoms with E-state index in [9.17, 15) is 14.3 Å². The molecule has 2 fully saturated rings. The summed E-state index contributed by atoms with van der Waals surface area (Å²) in [5, 5.41) is 19.2. The summed E-state index contributed by atoms with van der Waals surface area (Å²) < 4.78 is 13.9. The third-order valence-corrected chi connectivity index (χ3v) is 6.54. The maximum absolute atomic E-state index is 13.9. The second-order valence-electron chi connectivity index (χ2n) is 8.24. The Balaban J connectivity index is 1.33. The average molecular weight is 447 g/mol. The molecule has 0 aromatic heterocycles.